The van der Waals surface area contributed by atoms with Crippen LogP contribution in [-0.4, -0.2) is 25.1 Å². The summed E-state index contributed by atoms with van der Waals surface area (Å²) in [6.45, 7) is 4.18. The van der Waals surface area contributed by atoms with Gasteiger partial charge in [-0.3, -0.25) is 13.8 Å². The molecule has 160 valence electrons. The fraction of sp³-hybridized carbons (Fsp3) is 0.273. The molecule has 2 aromatic heterocycles. The third-order valence-electron chi connectivity index (χ3n) is 5.00. The number of carbonyl (C=O) groups is 1. The first-order valence-corrected chi connectivity index (χ1v) is 9.85. The van der Waals surface area contributed by atoms with Gasteiger partial charge in [-0.15, -0.1) is 10.2 Å². The highest BCUT2D eigenvalue weighted by Gasteiger charge is 2.21. The molecule has 31 heavy (non-hydrogen) atoms. The van der Waals surface area contributed by atoms with Gasteiger partial charge >= 0.3 is 5.97 Å². The van der Waals surface area contributed by atoms with Crippen LogP contribution in [-0.2, 0) is 17.9 Å². The number of hydrogen-bond acceptors (Lipinski definition) is 5. The summed E-state index contributed by atoms with van der Waals surface area (Å²) >= 11 is 0. The third kappa shape index (κ3) is 3.78. The number of halogens is 2. The van der Waals surface area contributed by atoms with Crippen molar-refractivity contribution in [1.29, 1.82) is 0 Å². The minimum absolute atomic E-state index is 0.187. The largest absolute Gasteiger partial charge is 0.454 e. The quantitative estimate of drug-likeness (QED) is 0.439. The van der Waals surface area contributed by atoms with Gasteiger partial charge in [-0.05, 0) is 36.6 Å². The molecule has 4 rings (SSSR count). The number of ether oxygens (including phenoxy) is 1. The molecule has 0 aliphatic rings. The molecule has 2 heterocycles. The van der Waals surface area contributed by atoms with Gasteiger partial charge in [0.05, 0.1) is 10.9 Å². The molecule has 0 radical (unpaired) electrons. The highest BCUT2D eigenvalue weighted by molar-refractivity contribution is 5.90. The number of aryl methyl sites for hydroxylation is 1. The predicted octanol–water partition coefficient (Wildman–Crippen LogP) is 3.73. The summed E-state index contributed by atoms with van der Waals surface area (Å²) in [6.07, 6.45) is 0.762. The molecule has 2 aromatic carbocycles. The van der Waals surface area contributed by atoms with Crippen molar-refractivity contribution in [3.63, 3.8) is 0 Å². The van der Waals surface area contributed by atoms with E-state index >= 15 is 0 Å². The van der Waals surface area contributed by atoms with Crippen molar-refractivity contribution in [3.05, 3.63) is 75.8 Å². The normalized spacial score (nSPS) is 11.5. The number of nitrogens with zero attached hydrogens (tertiary/aromatic N) is 4. The number of esters is 1. The minimum Gasteiger partial charge on any atom is -0.454 e. The maximum Gasteiger partial charge on any atom is 0.344 e. The van der Waals surface area contributed by atoms with Crippen LogP contribution in [0.1, 0.15) is 36.5 Å². The first kappa shape index (κ1) is 20.6. The molecule has 0 bridgehead atoms. The van der Waals surface area contributed by atoms with Crippen molar-refractivity contribution >= 4 is 22.6 Å². The van der Waals surface area contributed by atoms with Crippen LogP contribution in [0.15, 0.2) is 47.3 Å². The molecule has 0 saturated carbocycles. The number of benzene rings is 2. The number of para-hydroxylation sites is 1. The van der Waals surface area contributed by atoms with Gasteiger partial charge in [-0.2, -0.15) is 0 Å². The topological polar surface area (TPSA) is 78.5 Å². The monoisotopic (exact) mass is 426 g/mol. The number of rotatable bonds is 6. The van der Waals surface area contributed by atoms with Gasteiger partial charge in [-0.1, -0.05) is 32.0 Å². The van der Waals surface area contributed by atoms with Crippen molar-refractivity contribution < 1.29 is 18.3 Å². The van der Waals surface area contributed by atoms with Crippen LogP contribution in [0.5, 0.6) is 0 Å². The van der Waals surface area contributed by atoms with Crippen LogP contribution in [0.3, 0.4) is 0 Å². The van der Waals surface area contributed by atoms with Crippen molar-refractivity contribution in [2.75, 3.05) is 0 Å². The molecule has 0 fully saturated rings. The van der Waals surface area contributed by atoms with Gasteiger partial charge in [0, 0.05) is 6.54 Å². The zero-order chi connectivity index (χ0) is 22.1. The number of aromatic nitrogens is 4. The number of fused-ring (bicyclic) bond motifs is 3. The summed E-state index contributed by atoms with van der Waals surface area (Å²) in [4.78, 5) is 25.3. The Kier molecular flexibility index (Phi) is 5.50. The molecule has 0 aliphatic carbocycles. The first-order chi connectivity index (χ1) is 14.9. The Morgan fingerprint density at radius 2 is 1.77 bits per heavy atom. The van der Waals surface area contributed by atoms with E-state index in [-0.39, 0.29) is 18.0 Å². The highest BCUT2D eigenvalue weighted by atomic mass is 19.1. The molecule has 0 unspecified atom stereocenters. The van der Waals surface area contributed by atoms with E-state index in [9.17, 15) is 18.4 Å². The fourth-order valence-corrected chi connectivity index (χ4v) is 3.39. The van der Waals surface area contributed by atoms with Gasteiger partial charge in [-0.25, -0.2) is 13.6 Å². The molecule has 0 amide bonds. The van der Waals surface area contributed by atoms with Crippen LogP contribution in [0.2, 0.25) is 0 Å². The third-order valence-corrected chi connectivity index (χ3v) is 5.00. The highest BCUT2D eigenvalue weighted by Crippen LogP contribution is 2.18. The van der Waals surface area contributed by atoms with Crippen molar-refractivity contribution in [1.82, 2.24) is 19.2 Å². The van der Waals surface area contributed by atoms with Crippen LogP contribution in [0.4, 0.5) is 8.78 Å². The van der Waals surface area contributed by atoms with Gasteiger partial charge in [0.25, 0.3) is 5.56 Å². The Bertz CT molecular complexity index is 1320. The lowest BCUT2D eigenvalue weighted by Gasteiger charge is -2.12. The summed E-state index contributed by atoms with van der Waals surface area (Å²) in [5.41, 5.74) is -0.403. The summed E-state index contributed by atoms with van der Waals surface area (Å²) in [6, 6.07) is 10.1. The smallest absolute Gasteiger partial charge is 0.344 e. The van der Waals surface area contributed by atoms with Gasteiger partial charge in [0.2, 0.25) is 5.78 Å². The average Bonchev–Trinajstić information content (AvgIpc) is 3.16. The van der Waals surface area contributed by atoms with E-state index in [1.807, 2.05) is 0 Å². The molecule has 9 heteroatoms. The molecule has 0 N–H and O–H groups in total. The van der Waals surface area contributed by atoms with E-state index in [0.717, 1.165) is 24.6 Å². The molecule has 7 nitrogen and oxygen atoms in total. The fourth-order valence-electron chi connectivity index (χ4n) is 3.39. The number of hydrogen-bond donors (Lipinski definition) is 0. The molecule has 0 aliphatic heterocycles. The second-order valence-corrected chi connectivity index (χ2v) is 7.58. The zero-order valence-electron chi connectivity index (χ0n) is 17.0. The van der Waals surface area contributed by atoms with E-state index in [0.29, 0.717) is 29.1 Å². The Morgan fingerprint density at radius 1 is 1.06 bits per heavy atom. The van der Waals surface area contributed by atoms with Crippen LogP contribution >= 0.6 is 0 Å². The zero-order valence-corrected chi connectivity index (χ0v) is 17.0. The SMILES string of the molecule is CC(C)CCn1c(=O)c2ccccc2n2c(COC(=O)c3c(F)cccc3F)nnc12. The first-order valence-electron chi connectivity index (χ1n) is 9.85. The van der Waals surface area contributed by atoms with Crippen LogP contribution < -0.4 is 5.56 Å². The van der Waals surface area contributed by atoms with Gasteiger partial charge in [0.1, 0.15) is 17.2 Å². The van der Waals surface area contributed by atoms with E-state index in [4.69, 9.17) is 4.74 Å². The van der Waals surface area contributed by atoms with Gasteiger partial charge in [0.15, 0.2) is 12.4 Å². The summed E-state index contributed by atoms with van der Waals surface area (Å²) in [5.74, 6) is -2.25. The Labute approximate surface area is 175 Å². The standard InChI is InChI=1S/C22H20F2N4O3/c1-13(2)10-11-27-20(29)14-6-3-4-9-17(14)28-18(25-26-22(27)28)12-31-21(30)19-15(23)7-5-8-16(19)24/h3-9,13H,10-12H2,1-2H3. The van der Waals surface area contributed by atoms with Crippen molar-refractivity contribution in [2.45, 2.75) is 33.4 Å². The Balaban J connectivity index is 1.76. The molecule has 0 saturated heterocycles. The average molecular weight is 426 g/mol. The van der Waals surface area contributed by atoms with Crippen LogP contribution in [0.25, 0.3) is 16.7 Å². The lowest BCUT2D eigenvalue weighted by molar-refractivity contribution is 0.0450. The maximum absolute atomic E-state index is 13.9. The van der Waals surface area contributed by atoms with E-state index < -0.39 is 23.2 Å². The van der Waals surface area contributed by atoms with Gasteiger partial charge < -0.3 is 4.74 Å². The molecule has 0 spiro atoms. The molecular weight excluding hydrogens is 406 g/mol. The lowest BCUT2D eigenvalue weighted by atomic mass is 10.1. The van der Waals surface area contributed by atoms with E-state index in [1.54, 1.807) is 28.7 Å². The lowest BCUT2D eigenvalue weighted by Crippen LogP contribution is -2.24. The minimum atomic E-state index is -1.15. The second-order valence-electron chi connectivity index (χ2n) is 7.58. The molecule has 4 aromatic rings. The predicted molar refractivity (Wildman–Crippen MR) is 110 cm³/mol. The molecule has 0 atom stereocenters. The van der Waals surface area contributed by atoms with Crippen molar-refractivity contribution in [2.24, 2.45) is 5.92 Å². The van der Waals surface area contributed by atoms with Crippen LogP contribution in [0, 0.1) is 17.6 Å². The van der Waals surface area contributed by atoms with E-state index in [2.05, 4.69) is 24.0 Å². The maximum atomic E-state index is 13.9. The Morgan fingerprint density at radius 3 is 2.48 bits per heavy atom. The number of carbonyl (C=O) groups excluding carboxylic acids is 1. The summed E-state index contributed by atoms with van der Waals surface area (Å²) in [5, 5.41) is 8.67. The Hall–Kier alpha value is -3.62. The van der Waals surface area contributed by atoms with E-state index in [1.165, 1.54) is 4.57 Å². The summed E-state index contributed by atoms with van der Waals surface area (Å²) < 4.78 is 36.0. The van der Waals surface area contributed by atoms with Crippen molar-refractivity contribution in [3.8, 4) is 0 Å². The second kappa shape index (κ2) is 8.25. The summed E-state index contributed by atoms with van der Waals surface area (Å²) in [7, 11) is 0. The molecular formula is C22H20F2N4O3.